The van der Waals surface area contributed by atoms with E-state index in [-0.39, 0.29) is 38.9 Å². The minimum Gasteiger partial charge on any atom is -0.492 e. The van der Waals surface area contributed by atoms with Gasteiger partial charge in [-0.3, -0.25) is 4.79 Å². The van der Waals surface area contributed by atoms with E-state index in [1.807, 2.05) is 25.1 Å². The van der Waals surface area contributed by atoms with E-state index >= 15 is 4.39 Å². The number of aryl methyl sites for hydroxylation is 3. The number of halogens is 1. The molecule has 0 bridgehead atoms. The first kappa shape index (κ1) is 44.7. The fourth-order valence-corrected chi connectivity index (χ4v) is 7.91. The van der Waals surface area contributed by atoms with E-state index < -0.39 is 11.4 Å². The van der Waals surface area contributed by atoms with Crippen LogP contribution in [0.5, 0.6) is 5.75 Å². The summed E-state index contributed by atoms with van der Waals surface area (Å²) in [4.78, 5) is 23.0. The molecule has 0 radical (unpaired) electrons. The van der Waals surface area contributed by atoms with Crippen molar-refractivity contribution < 1.29 is 38.4 Å². The molecule has 0 atom stereocenters. The molecule has 1 aliphatic carbocycles. The van der Waals surface area contributed by atoms with Crippen molar-refractivity contribution in [3.05, 3.63) is 88.8 Å². The van der Waals surface area contributed by atoms with Crippen LogP contribution in [-0.2, 0) is 38.3 Å². The molecule has 0 spiro atoms. The van der Waals surface area contributed by atoms with E-state index in [4.69, 9.17) is 14.2 Å². The summed E-state index contributed by atoms with van der Waals surface area (Å²) in [6, 6.07) is 16.2. The maximum Gasteiger partial charge on any atom is 0.333 e. The van der Waals surface area contributed by atoms with E-state index in [9.17, 15) is 19.8 Å². The van der Waals surface area contributed by atoms with E-state index in [1.54, 1.807) is 13.0 Å². The van der Waals surface area contributed by atoms with Crippen molar-refractivity contribution in [2.24, 2.45) is 11.3 Å². The van der Waals surface area contributed by atoms with Crippen LogP contribution >= 0.6 is 0 Å². The number of benzene rings is 3. The van der Waals surface area contributed by atoms with Gasteiger partial charge in [-0.15, -0.1) is 0 Å². The van der Waals surface area contributed by atoms with Crippen LogP contribution in [0.1, 0.15) is 126 Å². The topological polar surface area (TPSA) is 102 Å². The van der Waals surface area contributed by atoms with Crippen molar-refractivity contribution in [2.45, 2.75) is 124 Å². The molecule has 0 amide bonds. The van der Waals surface area contributed by atoms with Gasteiger partial charge in [0.25, 0.3) is 6.47 Å². The predicted octanol–water partition coefficient (Wildman–Crippen LogP) is 10.5. The van der Waals surface area contributed by atoms with Crippen molar-refractivity contribution in [3.63, 3.8) is 0 Å². The molecule has 1 fully saturated rings. The van der Waals surface area contributed by atoms with Crippen LogP contribution in [0, 0.1) is 17.2 Å². The molecule has 306 valence electrons. The number of carbonyl (C=O) groups excluding carboxylic acids is 2. The van der Waals surface area contributed by atoms with Crippen molar-refractivity contribution in [2.75, 3.05) is 33.0 Å². The highest BCUT2D eigenvalue weighted by Crippen LogP contribution is 2.40. The Bertz CT molecular complexity index is 1710. The maximum absolute atomic E-state index is 16.0. The maximum atomic E-state index is 16.0. The second-order valence-corrected chi connectivity index (χ2v) is 15.9. The van der Waals surface area contributed by atoms with E-state index in [2.05, 4.69) is 44.7 Å². The predicted molar refractivity (Wildman–Crippen MR) is 222 cm³/mol. The highest BCUT2D eigenvalue weighted by Gasteiger charge is 2.29. The standard InChI is InChI=1S/C48H65FO7/c1-6-9-10-13-35-16-18-37(19-17-35)39-21-23-44(45(49)29-39)43-22-20-38(26-36(43)7-2)42-27-40(14-11-24-54-33-52)46(56-32-48(8-3,30-50)31-51)41(28-42)15-12-25-55-47(53)34(4)5/h20-23,26-29,33,35,37,50-51H,4,6-19,24-25,30-32H2,1-3,5H3. The van der Waals surface area contributed by atoms with Crippen molar-refractivity contribution in [1.82, 2.24) is 0 Å². The normalized spacial score (nSPS) is 15.7. The first-order chi connectivity index (χ1) is 27.1. The second kappa shape index (κ2) is 22.7. The molecule has 0 heterocycles. The van der Waals surface area contributed by atoms with Crippen molar-refractivity contribution >= 4 is 12.4 Å². The number of aliphatic hydroxyl groups is 2. The Kier molecular flexibility index (Phi) is 18.1. The summed E-state index contributed by atoms with van der Waals surface area (Å²) in [6.07, 6.45) is 13.3. The lowest BCUT2D eigenvalue weighted by atomic mass is 9.77. The molecular weight excluding hydrogens is 708 g/mol. The lowest BCUT2D eigenvalue weighted by Crippen LogP contribution is -2.36. The number of hydrogen-bond acceptors (Lipinski definition) is 7. The third-order valence-electron chi connectivity index (χ3n) is 11.8. The fourth-order valence-electron chi connectivity index (χ4n) is 7.91. The van der Waals surface area contributed by atoms with Gasteiger partial charge in [0.2, 0.25) is 0 Å². The Balaban J connectivity index is 1.66. The quantitative estimate of drug-likeness (QED) is 0.0404. The zero-order valence-corrected chi connectivity index (χ0v) is 34.3. The van der Waals surface area contributed by atoms with Gasteiger partial charge in [0, 0.05) is 11.1 Å². The summed E-state index contributed by atoms with van der Waals surface area (Å²) in [7, 11) is 0. The first-order valence-electron chi connectivity index (χ1n) is 20.9. The summed E-state index contributed by atoms with van der Waals surface area (Å²) in [6.45, 7) is 12.0. The molecule has 56 heavy (non-hydrogen) atoms. The summed E-state index contributed by atoms with van der Waals surface area (Å²) >= 11 is 0. The Hall–Kier alpha value is -4.01. The van der Waals surface area contributed by atoms with Crippen LogP contribution in [-0.4, -0.2) is 55.7 Å². The van der Waals surface area contributed by atoms with Crippen LogP contribution in [0.15, 0.2) is 60.7 Å². The second-order valence-electron chi connectivity index (χ2n) is 15.9. The van der Waals surface area contributed by atoms with Crippen molar-refractivity contribution in [3.8, 4) is 28.0 Å². The largest absolute Gasteiger partial charge is 0.492 e. The smallest absolute Gasteiger partial charge is 0.333 e. The molecule has 7 nitrogen and oxygen atoms in total. The average Bonchev–Trinajstić information content (AvgIpc) is 3.22. The number of unbranched alkanes of at least 4 members (excludes halogenated alkanes) is 2. The molecule has 3 aromatic carbocycles. The molecule has 0 saturated heterocycles. The van der Waals surface area contributed by atoms with Gasteiger partial charge in [-0.2, -0.15) is 0 Å². The van der Waals surface area contributed by atoms with Gasteiger partial charge in [0.15, 0.2) is 0 Å². The molecule has 4 rings (SSSR count). The minimum atomic E-state index is -0.822. The molecule has 1 aliphatic rings. The molecule has 0 aliphatic heterocycles. The third kappa shape index (κ3) is 12.2. The highest BCUT2D eigenvalue weighted by molar-refractivity contribution is 5.86. The number of esters is 1. The van der Waals surface area contributed by atoms with Crippen LogP contribution < -0.4 is 4.74 Å². The Labute approximate surface area is 334 Å². The van der Waals surface area contributed by atoms with Gasteiger partial charge in [-0.05, 0) is 140 Å². The van der Waals surface area contributed by atoms with Gasteiger partial charge < -0.3 is 24.4 Å². The van der Waals surface area contributed by atoms with Crippen LogP contribution in [0.2, 0.25) is 0 Å². The zero-order chi connectivity index (χ0) is 40.5. The monoisotopic (exact) mass is 772 g/mol. The van der Waals surface area contributed by atoms with E-state index in [0.29, 0.717) is 67.8 Å². The van der Waals surface area contributed by atoms with Gasteiger partial charge in [0.1, 0.15) is 11.6 Å². The van der Waals surface area contributed by atoms with Gasteiger partial charge in [0.05, 0.1) is 38.4 Å². The third-order valence-corrected chi connectivity index (χ3v) is 11.8. The molecule has 1 saturated carbocycles. The average molecular weight is 773 g/mol. The summed E-state index contributed by atoms with van der Waals surface area (Å²) in [5.41, 5.74) is 6.86. The van der Waals surface area contributed by atoms with Crippen molar-refractivity contribution in [1.29, 1.82) is 0 Å². The summed E-state index contributed by atoms with van der Waals surface area (Å²) in [5.74, 6) is 1.25. The SMILES string of the molecule is C=C(C)C(=O)OCCCc1cc(-c2ccc(-c3ccc(C4CCC(CCCCC)CC4)cc3F)c(CC)c2)cc(CCCOC=O)c1OCC(CC)(CO)CO. The molecule has 8 heteroatoms. The molecule has 2 N–H and O–H groups in total. The van der Waals surface area contributed by atoms with Gasteiger partial charge >= 0.3 is 5.97 Å². The molecule has 0 unspecified atom stereocenters. The van der Waals surface area contributed by atoms with Gasteiger partial charge in [-0.25, -0.2) is 9.18 Å². The minimum absolute atomic E-state index is 0.102. The number of carbonyl (C=O) groups is 2. The number of aliphatic hydroxyl groups excluding tert-OH is 2. The molecule has 3 aromatic rings. The number of ether oxygens (including phenoxy) is 3. The Morgan fingerprint density at radius 2 is 1.52 bits per heavy atom. The lowest BCUT2D eigenvalue weighted by molar-refractivity contribution is -0.139. The summed E-state index contributed by atoms with van der Waals surface area (Å²) < 4.78 is 32.9. The van der Waals surface area contributed by atoms with Crippen LogP contribution in [0.3, 0.4) is 0 Å². The lowest BCUT2D eigenvalue weighted by Gasteiger charge is -2.29. The molecule has 0 aromatic heterocycles. The highest BCUT2D eigenvalue weighted by atomic mass is 19.1. The fraction of sp³-hybridized carbons (Fsp3) is 0.542. The number of rotatable bonds is 24. The van der Waals surface area contributed by atoms with E-state index in [1.165, 1.54) is 38.5 Å². The Morgan fingerprint density at radius 3 is 2.11 bits per heavy atom. The summed E-state index contributed by atoms with van der Waals surface area (Å²) in [5, 5.41) is 20.3. The Morgan fingerprint density at radius 1 is 0.857 bits per heavy atom. The first-order valence-corrected chi connectivity index (χ1v) is 20.9. The van der Waals surface area contributed by atoms with E-state index in [0.717, 1.165) is 57.7 Å². The number of hydrogen-bond donors (Lipinski definition) is 2. The van der Waals surface area contributed by atoms with Crippen LogP contribution in [0.4, 0.5) is 4.39 Å². The van der Waals surface area contributed by atoms with Gasteiger partial charge in [-0.1, -0.05) is 83.4 Å². The van der Waals surface area contributed by atoms with Crippen LogP contribution in [0.25, 0.3) is 22.3 Å². The zero-order valence-electron chi connectivity index (χ0n) is 34.3. The molecular formula is C48H65FO7.